The molecule has 111 heavy (non-hydrogen) atoms. The van der Waals surface area contributed by atoms with E-state index in [9.17, 15) is 73.5 Å². The molecule has 3 aliphatic rings. The maximum Gasteiger partial charge on any atom is 0.326 e. The molecule has 5 rings (SSSR count). The molecule has 612 valence electrons. The molecule has 0 aromatic heterocycles. The first-order chi connectivity index (χ1) is 52.1. The number of phenolic OH excluding ortho intramolecular Hbond substituents is 2. The Morgan fingerprint density at radius 3 is 1.81 bits per heavy atom. The van der Waals surface area contributed by atoms with Crippen molar-refractivity contribution in [2.24, 2.45) is 22.9 Å². The molecule has 0 unspecified atom stereocenters. The molecule has 3 heterocycles. The van der Waals surface area contributed by atoms with Crippen LogP contribution in [0.3, 0.4) is 0 Å². The summed E-state index contributed by atoms with van der Waals surface area (Å²) in [4.78, 5) is 230. The fraction of sp³-hybridized carbons (Fsp3) is 0.561. The third-order valence-corrected chi connectivity index (χ3v) is 25.0. The van der Waals surface area contributed by atoms with Crippen molar-refractivity contribution in [2.75, 3.05) is 37.7 Å². The number of aliphatic hydroxyl groups excluding tert-OH is 1. The zero-order valence-corrected chi connectivity index (χ0v) is 66.5. The number of fused-ring (bicyclic) bond motifs is 9. The summed E-state index contributed by atoms with van der Waals surface area (Å²) in [7, 11) is 3.03. The minimum Gasteiger partial charge on any atom is -0.508 e. The van der Waals surface area contributed by atoms with Crippen LogP contribution in [0.5, 0.6) is 11.5 Å². The minimum absolute atomic E-state index is 0.0406. The summed E-state index contributed by atoms with van der Waals surface area (Å²) in [5, 5.41) is 92.7. The van der Waals surface area contributed by atoms with Crippen molar-refractivity contribution in [3.05, 3.63) is 57.2 Å². The average Bonchev–Trinajstić information content (AvgIpc) is 1.80. The molecule has 0 aliphatic carbocycles. The molecule has 0 radical (unpaired) electrons. The van der Waals surface area contributed by atoms with Crippen molar-refractivity contribution in [1.29, 1.82) is 5.41 Å². The molecule has 45 heteroatoms. The number of phenols is 2. The number of aromatic hydroxyl groups is 2. The Hall–Kier alpha value is -9.32. The van der Waals surface area contributed by atoms with Crippen molar-refractivity contribution < 1.29 is 102 Å². The van der Waals surface area contributed by atoms with Gasteiger partial charge in [0.15, 0.2) is 5.96 Å². The molecular formula is C66H96IN19O21S4. The number of hydrogen-bond acceptors (Lipinski definition) is 25. The number of carbonyl (C=O) groups is 16. The van der Waals surface area contributed by atoms with Crippen LogP contribution in [0.4, 0.5) is 4.79 Å². The van der Waals surface area contributed by atoms with E-state index in [1.165, 1.54) is 70.2 Å². The molecule has 13 atom stereocenters. The fourth-order valence-electron chi connectivity index (χ4n) is 11.5. The number of urea groups is 1. The number of rotatable bonds is 23. The summed E-state index contributed by atoms with van der Waals surface area (Å²) in [6.45, 7) is 5.55. The normalized spacial score (nSPS) is 24.9. The molecule has 3 fully saturated rings. The van der Waals surface area contributed by atoms with Crippen LogP contribution in [0.1, 0.15) is 104 Å². The Bertz CT molecular complexity index is 3770. The number of guanidine groups is 1. The highest BCUT2D eigenvalue weighted by Crippen LogP contribution is 2.47. The molecule has 40 nitrogen and oxygen atoms in total. The van der Waals surface area contributed by atoms with Gasteiger partial charge in [-0.1, -0.05) is 61.4 Å². The number of amides is 15. The largest absolute Gasteiger partial charge is 0.508 e. The molecule has 3 saturated heterocycles. The summed E-state index contributed by atoms with van der Waals surface area (Å²) in [5.41, 5.74) is 22.9. The zero-order valence-electron chi connectivity index (χ0n) is 61.1. The third-order valence-electron chi connectivity index (χ3n) is 17.5. The third kappa shape index (κ3) is 29.4. The molecule has 0 spiro atoms. The van der Waals surface area contributed by atoms with Gasteiger partial charge in [-0.3, -0.25) is 72.5 Å². The number of carboxylic acid groups (broad SMARTS) is 2. The number of nitrogens with two attached hydrogens (primary N) is 4. The summed E-state index contributed by atoms with van der Waals surface area (Å²) < 4.78 is -3.12. The van der Waals surface area contributed by atoms with Crippen LogP contribution in [0.2, 0.25) is 0 Å². The smallest absolute Gasteiger partial charge is 0.326 e. The minimum atomic E-state index is -2.10. The fourth-order valence-corrected chi connectivity index (χ4v) is 17.2. The Kier molecular flexibility index (Phi) is 36.2. The van der Waals surface area contributed by atoms with Gasteiger partial charge in [0.2, 0.25) is 76.8 Å². The highest BCUT2D eigenvalue weighted by molar-refractivity contribution is 14.1. The summed E-state index contributed by atoms with van der Waals surface area (Å²) >= 11 is 1.80. The van der Waals surface area contributed by atoms with Gasteiger partial charge in [0.05, 0.1) is 22.6 Å². The van der Waals surface area contributed by atoms with E-state index in [4.69, 9.17) is 28.3 Å². The van der Waals surface area contributed by atoms with E-state index < -0.39 is 245 Å². The first kappa shape index (κ1) is 92.3. The van der Waals surface area contributed by atoms with Gasteiger partial charge >= 0.3 is 18.0 Å². The zero-order chi connectivity index (χ0) is 82.8. The lowest BCUT2D eigenvalue weighted by atomic mass is 9.99. The quantitative estimate of drug-likeness (QED) is 0.0163. The number of aliphatic carboxylic acids is 2. The molecule has 0 saturated carbocycles. The van der Waals surface area contributed by atoms with Crippen LogP contribution >= 0.6 is 65.8 Å². The second kappa shape index (κ2) is 43.5. The maximum absolute atomic E-state index is 15.7. The number of carbonyl (C=O) groups excluding carboxylic acids is 14. The Balaban J connectivity index is 1.85. The number of aliphatic hydroxyl groups is 1. The van der Waals surface area contributed by atoms with Crippen LogP contribution in [-0.4, -0.2) is 257 Å². The van der Waals surface area contributed by atoms with Crippen molar-refractivity contribution in [1.82, 2.24) is 74.0 Å². The van der Waals surface area contributed by atoms with Crippen LogP contribution < -0.4 is 92.1 Å². The first-order valence-corrected chi connectivity index (χ1v) is 40.6. The van der Waals surface area contributed by atoms with Gasteiger partial charge < -0.3 is 122 Å². The Morgan fingerprint density at radius 2 is 1.22 bits per heavy atom. The van der Waals surface area contributed by atoms with Crippen molar-refractivity contribution in [3.8, 4) is 11.5 Å². The van der Waals surface area contributed by atoms with Gasteiger partial charge in [-0.2, -0.15) is 0 Å². The van der Waals surface area contributed by atoms with Crippen LogP contribution in [0, 0.1) is 8.98 Å². The second-order valence-electron chi connectivity index (χ2n) is 27.2. The maximum atomic E-state index is 15.7. The van der Waals surface area contributed by atoms with Gasteiger partial charge in [-0.05, 0) is 138 Å². The predicted octanol–water partition coefficient (Wildman–Crippen LogP) is -4.97. The molecule has 3 aliphatic heterocycles. The molecule has 2 aromatic carbocycles. The van der Waals surface area contributed by atoms with Crippen LogP contribution in [-0.2, 0) is 84.8 Å². The highest BCUT2D eigenvalue weighted by Gasteiger charge is 2.47. The molecule has 2 bridgehead atoms. The Morgan fingerprint density at radius 1 is 0.658 bits per heavy atom. The summed E-state index contributed by atoms with van der Waals surface area (Å²) in [5.74, 6) is -20.2. The van der Waals surface area contributed by atoms with E-state index in [0.717, 1.165) is 33.4 Å². The standard InChI is InChI=1S/C66H96IN19O21S4/c1-30(87)48-58(101)79-39(26-47(92)93)61(104)86-22-8-11-43(86)57(100)76-36(9-6-20-73-63(70)71)53(96)85-50-60(103)77-35(10-7-21-74-64(72)107)51(94)78-38(25-32-14-18-44(89)34(67)23-32)54(97)75-37(17-19-45(69)90)52(95)81-41(55(98)80-40(62(105)106)24-31-12-15-33(88)16-13-31)28-108-109-29-42(56(99)84-48)82-59(102)49(83-46(91)27-68)65(2,3)110-111-66(50,4)5/h12-16,18,23,30,35-43,48-50,87-89H,6-11,17,19-22,24-29,68H2,1-5H3,(H2,69,90)(H,75,97)(H,76,100)(H,77,103)(H,78,94)(H,79,101)(H,80,98)(H,81,95)(H,82,102)(H,83,91)(H,84,99)(H,85,96)(H,92,93)(H,105,106)(H4,70,71,73)(H3,72,74,107)/t30-,35+,36+,37+,38+,39+,40+,41+,42+,43+,48+,49+,50-/m1/s1. The number of hydrogen-bond donors (Lipinski definition) is 23. The van der Waals surface area contributed by atoms with Gasteiger partial charge in [0.25, 0.3) is 0 Å². The average molecular weight is 1750 g/mol. The lowest BCUT2D eigenvalue weighted by molar-refractivity contribution is -0.146. The van der Waals surface area contributed by atoms with Gasteiger partial charge in [0.1, 0.15) is 84.0 Å². The number of benzene rings is 2. The summed E-state index contributed by atoms with van der Waals surface area (Å²) in [6.07, 6.45) is -6.09. The number of nitrogens with one attached hydrogen (secondary N) is 14. The predicted molar refractivity (Wildman–Crippen MR) is 416 cm³/mol. The van der Waals surface area contributed by atoms with E-state index in [2.05, 4.69) is 69.1 Å². The molecule has 15 amide bonds. The van der Waals surface area contributed by atoms with Gasteiger partial charge in [-0.15, -0.1) is 0 Å². The van der Waals surface area contributed by atoms with Crippen molar-refractivity contribution in [3.63, 3.8) is 0 Å². The monoisotopic (exact) mass is 1750 g/mol. The van der Waals surface area contributed by atoms with Crippen molar-refractivity contribution in [2.45, 2.75) is 193 Å². The number of halogens is 1. The van der Waals surface area contributed by atoms with Crippen molar-refractivity contribution >= 4 is 166 Å². The van der Waals surface area contributed by atoms with Gasteiger partial charge in [0, 0.05) is 59.9 Å². The number of primary amides is 2. The van der Waals surface area contributed by atoms with E-state index in [1.54, 1.807) is 22.6 Å². The van der Waals surface area contributed by atoms with E-state index >= 15 is 28.8 Å². The topological polar surface area (TPSA) is 662 Å². The number of carboxylic acids is 2. The van der Waals surface area contributed by atoms with Crippen LogP contribution in [0.25, 0.3) is 0 Å². The second-order valence-corrected chi connectivity index (χ2v) is 34.4. The van der Waals surface area contributed by atoms with Crippen LogP contribution in [0.15, 0.2) is 42.5 Å². The SMILES string of the molecule is C[C@@H](O)[C@@H]1NC(=O)[C@@H]2CSSC[C@@H](C(=O)N[C@@H](Cc3ccc(O)cc3)C(=O)O)NC(=O)[C@H](CCC(N)=O)NC(=O)[C@H](Cc3ccc(O)c(I)c3)NC(=O)[C@H](CCCNC(N)=O)NC(=O)[C@@H](NC(=O)[C@H](CCCNC(=N)N)NC(=O)[C@@H]3CCCN3C(=O)[C@H](CC(=O)O)NC1=O)C(C)(C)SSC(C)(C)[C@@H](NC(=O)CN)C(=O)N2. The molecule has 27 N–H and O–H groups in total. The van der Waals surface area contributed by atoms with E-state index in [-0.39, 0.29) is 72.4 Å². The Labute approximate surface area is 666 Å². The molecule has 2 aromatic rings. The summed E-state index contributed by atoms with van der Waals surface area (Å²) in [6, 6.07) is -13.6. The lowest BCUT2D eigenvalue weighted by Gasteiger charge is -2.39. The lowest BCUT2D eigenvalue weighted by Crippen LogP contribution is -2.63. The highest BCUT2D eigenvalue weighted by atomic mass is 127. The van der Waals surface area contributed by atoms with E-state index in [0.29, 0.717) is 27.2 Å². The molecular weight excluding hydrogens is 1650 g/mol. The number of nitrogens with zero attached hydrogens (tertiary/aromatic N) is 1. The van der Waals surface area contributed by atoms with E-state index in [1.807, 2.05) is 0 Å². The van der Waals surface area contributed by atoms with Gasteiger partial charge in [-0.25, -0.2) is 9.59 Å². The first-order valence-electron chi connectivity index (χ1n) is 34.8.